The zero-order chi connectivity index (χ0) is 14.0. The van der Waals surface area contributed by atoms with E-state index in [0.29, 0.717) is 6.61 Å². The topological polar surface area (TPSA) is 48.4 Å². The number of rotatable bonds is 5. The van der Waals surface area contributed by atoms with Gasteiger partial charge in [-0.05, 0) is 45.4 Å². The van der Waals surface area contributed by atoms with E-state index in [1.807, 2.05) is 32.0 Å². The SMILES string of the molecule is CCOC(C)(CC)C(N)c1cc2cc(C)ccc2o1. The fourth-order valence-electron chi connectivity index (χ4n) is 2.38. The predicted molar refractivity (Wildman–Crippen MR) is 78.2 cm³/mol. The van der Waals surface area contributed by atoms with Gasteiger partial charge in [-0.1, -0.05) is 18.6 Å². The Morgan fingerprint density at radius 3 is 2.68 bits per heavy atom. The molecule has 0 bridgehead atoms. The molecule has 0 saturated heterocycles. The first kappa shape index (κ1) is 14.1. The van der Waals surface area contributed by atoms with Crippen molar-refractivity contribution in [1.82, 2.24) is 0 Å². The second kappa shape index (κ2) is 5.35. The van der Waals surface area contributed by atoms with Gasteiger partial charge in [-0.25, -0.2) is 0 Å². The standard InChI is InChI=1S/C16H23NO2/c1-5-16(4,18-6-2)15(17)14-10-12-9-11(3)7-8-13(12)19-14/h7-10,15H,5-6,17H2,1-4H3. The minimum Gasteiger partial charge on any atom is -0.459 e. The van der Waals surface area contributed by atoms with E-state index in [9.17, 15) is 0 Å². The van der Waals surface area contributed by atoms with Crippen LogP contribution in [0.15, 0.2) is 28.7 Å². The molecule has 1 aromatic carbocycles. The van der Waals surface area contributed by atoms with Crippen molar-refractivity contribution >= 4 is 11.0 Å². The van der Waals surface area contributed by atoms with Crippen molar-refractivity contribution in [2.24, 2.45) is 5.73 Å². The molecule has 1 aromatic heterocycles. The van der Waals surface area contributed by atoms with Gasteiger partial charge in [0.2, 0.25) is 0 Å². The third kappa shape index (κ3) is 2.67. The maximum absolute atomic E-state index is 6.35. The van der Waals surface area contributed by atoms with Crippen LogP contribution in [0.25, 0.3) is 11.0 Å². The number of ether oxygens (including phenoxy) is 1. The lowest BCUT2D eigenvalue weighted by Crippen LogP contribution is -2.40. The molecule has 2 aromatic rings. The summed E-state index contributed by atoms with van der Waals surface area (Å²) in [5.74, 6) is 0.790. The molecule has 0 aliphatic rings. The molecule has 2 N–H and O–H groups in total. The molecule has 2 atom stereocenters. The van der Waals surface area contributed by atoms with Crippen LogP contribution in [-0.4, -0.2) is 12.2 Å². The fraction of sp³-hybridized carbons (Fsp3) is 0.500. The van der Waals surface area contributed by atoms with Crippen LogP contribution in [0.2, 0.25) is 0 Å². The largest absolute Gasteiger partial charge is 0.459 e. The van der Waals surface area contributed by atoms with Crippen LogP contribution in [0.3, 0.4) is 0 Å². The van der Waals surface area contributed by atoms with Gasteiger partial charge < -0.3 is 14.9 Å². The zero-order valence-electron chi connectivity index (χ0n) is 12.2. The van der Waals surface area contributed by atoms with Gasteiger partial charge in [0.15, 0.2) is 0 Å². The Morgan fingerprint density at radius 2 is 2.05 bits per heavy atom. The Hall–Kier alpha value is -1.32. The number of benzene rings is 1. The Balaban J connectivity index is 2.37. The van der Waals surface area contributed by atoms with Crippen molar-refractivity contribution in [3.63, 3.8) is 0 Å². The maximum Gasteiger partial charge on any atom is 0.134 e. The van der Waals surface area contributed by atoms with Gasteiger partial charge in [0, 0.05) is 12.0 Å². The Labute approximate surface area is 114 Å². The summed E-state index contributed by atoms with van der Waals surface area (Å²) in [4.78, 5) is 0. The molecule has 2 rings (SSSR count). The quantitative estimate of drug-likeness (QED) is 0.886. The molecule has 0 amide bonds. The van der Waals surface area contributed by atoms with E-state index < -0.39 is 5.60 Å². The van der Waals surface area contributed by atoms with E-state index in [-0.39, 0.29) is 6.04 Å². The summed E-state index contributed by atoms with van der Waals surface area (Å²) in [6, 6.07) is 7.91. The number of aryl methyl sites for hydroxylation is 1. The summed E-state index contributed by atoms with van der Waals surface area (Å²) < 4.78 is 11.7. The normalized spacial score (nSPS) is 16.5. The Kier molecular flexibility index (Phi) is 3.97. The van der Waals surface area contributed by atoms with Crippen molar-refractivity contribution in [3.8, 4) is 0 Å². The molecule has 19 heavy (non-hydrogen) atoms. The van der Waals surface area contributed by atoms with Crippen LogP contribution in [0.4, 0.5) is 0 Å². The van der Waals surface area contributed by atoms with E-state index in [1.54, 1.807) is 0 Å². The van der Waals surface area contributed by atoms with E-state index in [0.717, 1.165) is 23.2 Å². The lowest BCUT2D eigenvalue weighted by atomic mass is 9.92. The summed E-state index contributed by atoms with van der Waals surface area (Å²) in [5.41, 5.74) is 8.06. The number of hydrogen-bond acceptors (Lipinski definition) is 3. The van der Waals surface area contributed by atoms with Crippen molar-refractivity contribution in [1.29, 1.82) is 0 Å². The molecule has 0 fully saturated rings. The molecule has 1 heterocycles. The summed E-state index contributed by atoms with van der Waals surface area (Å²) in [6.07, 6.45) is 0.845. The maximum atomic E-state index is 6.35. The molecular weight excluding hydrogens is 238 g/mol. The first-order chi connectivity index (χ1) is 9.00. The molecule has 2 unspecified atom stereocenters. The molecule has 0 spiro atoms. The highest BCUT2D eigenvalue weighted by molar-refractivity contribution is 5.78. The van der Waals surface area contributed by atoms with Crippen LogP contribution < -0.4 is 5.73 Å². The number of furan rings is 1. The molecule has 3 nitrogen and oxygen atoms in total. The van der Waals surface area contributed by atoms with Gasteiger partial charge in [0.25, 0.3) is 0 Å². The summed E-state index contributed by atoms with van der Waals surface area (Å²) >= 11 is 0. The Morgan fingerprint density at radius 1 is 1.32 bits per heavy atom. The van der Waals surface area contributed by atoms with Gasteiger partial charge in [-0.15, -0.1) is 0 Å². The highest BCUT2D eigenvalue weighted by Gasteiger charge is 2.33. The molecule has 0 aliphatic heterocycles. The summed E-state index contributed by atoms with van der Waals surface area (Å²) in [5, 5.41) is 1.10. The lowest BCUT2D eigenvalue weighted by Gasteiger charge is -2.33. The van der Waals surface area contributed by atoms with E-state index in [2.05, 4.69) is 19.9 Å². The van der Waals surface area contributed by atoms with E-state index in [1.165, 1.54) is 5.56 Å². The molecule has 3 heteroatoms. The highest BCUT2D eigenvalue weighted by atomic mass is 16.5. The van der Waals surface area contributed by atoms with Crippen molar-refractivity contribution in [2.45, 2.75) is 45.8 Å². The average Bonchev–Trinajstić information content (AvgIpc) is 2.80. The second-order valence-corrected chi connectivity index (χ2v) is 5.27. The first-order valence-corrected chi connectivity index (χ1v) is 6.89. The Bertz CT molecular complexity index is 561. The van der Waals surface area contributed by atoms with Gasteiger partial charge in [0.1, 0.15) is 11.3 Å². The number of fused-ring (bicyclic) bond motifs is 1. The second-order valence-electron chi connectivity index (χ2n) is 5.27. The predicted octanol–water partition coefficient (Wildman–Crippen LogP) is 3.95. The van der Waals surface area contributed by atoms with Crippen molar-refractivity contribution in [2.75, 3.05) is 6.61 Å². The van der Waals surface area contributed by atoms with Crippen molar-refractivity contribution < 1.29 is 9.15 Å². The van der Waals surface area contributed by atoms with Crippen LogP contribution in [0, 0.1) is 6.92 Å². The zero-order valence-corrected chi connectivity index (χ0v) is 12.2. The third-order valence-corrected chi connectivity index (χ3v) is 3.83. The number of hydrogen-bond donors (Lipinski definition) is 1. The molecule has 0 saturated carbocycles. The van der Waals surface area contributed by atoms with Crippen LogP contribution >= 0.6 is 0 Å². The summed E-state index contributed by atoms with van der Waals surface area (Å²) in [7, 11) is 0. The average molecular weight is 261 g/mol. The van der Waals surface area contributed by atoms with Crippen LogP contribution in [-0.2, 0) is 4.74 Å². The monoisotopic (exact) mass is 261 g/mol. The van der Waals surface area contributed by atoms with Gasteiger partial charge in [-0.3, -0.25) is 0 Å². The molecule has 0 aliphatic carbocycles. The molecular formula is C16H23NO2. The fourth-order valence-corrected chi connectivity index (χ4v) is 2.38. The summed E-state index contributed by atoms with van der Waals surface area (Å²) in [6.45, 7) is 8.84. The van der Waals surface area contributed by atoms with Gasteiger partial charge >= 0.3 is 0 Å². The molecule has 0 radical (unpaired) electrons. The van der Waals surface area contributed by atoms with E-state index in [4.69, 9.17) is 14.9 Å². The minimum absolute atomic E-state index is 0.259. The van der Waals surface area contributed by atoms with Crippen molar-refractivity contribution in [3.05, 3.63) is 35.6 Å². The van der Waals surface area contributed by atoms with Crippen LogP contribution in [0.5, 0.6) is 0 Å². The smallest absolute Gasteiger partial charge is 0.134 e. The van der Waals surface area contributed by atoms with E-state index >= 15 is 0 Å². The van der Waals surface area contributed by atoms with Gasteiger partial charge in [0.05, 0.1) is 11.6 Å². The lowest BCUT2D eigenvalue weighted by molar-refractivity contribution is -0.0511. The van der Waals surface area contributed by atoms with Gasteiger partial charge in [-0.2, -0.15) is 0 Å². The molecule has 104 valence electrons. The third-order valence-electron chi connectivity index (χ3n) is 3.83. The number of nitrogens with two attached hydrogens (primary N) is 1. The minimum atomic E-state index is -0.391. The first-order valence-electron chi connectivity index (χ1n) is 6.89. The van der Waals surface area contributed by atoms with Crippen LogP contribution in [0.1, 0.15) is 44.6 Å². The highest BCUT2D eigenvalue weighted by Crippen LogP contribution is 2.33.